The number of hydrogen-bond donors (Lipinski definition) is 1. The molecular formula is C29H43N5O6. The molecule has 1 aromatic heterocycles. The van der Waals surface area contributed by atoms with E-state index < -0.39 is 18.1 Å². The summed E-state index contributed by atoms with van der Waals surface area (Å²) in [5.41, 5.74) is 1.50. The molecule has 0 radical (unpaired) electrons. The summed E-state index contributed by atoms with van der Waals surface area (Å²) in [6.45, 7) is 7.42. The molecule has 0 spiro atoms. The number of aryl methyl sites for hydroxylation is 1. The maximum absolute atomic E-state index is 14.3. The van der Waals surface area contributed by atoms with E-state index in [2.05, 4.69) is 0 Å². The SMILES string of the molecule is COCCCCn1c(C(=O)N(CC(C)C)[C@H]2C[C@@H](C(=O)N3CCCC3)CN(C(=O)O)C2)nc2ccc(OC)cc21. The lowest BCUT2D eigenvalue weighted by Gasteiger charge is -2.42. The highest BCUT2D eigenvalue weighted by Crippen LogP contribution is 2.28. The standard InChI is InChI=1S/C29H43N5O6/c1-20(2)17-34(22-15-21(18-32(19-22)29(37)38)27(35)31-11-5-6-12-31)28(36)26-30-24-10-9-23(40-4)16-25(24)33(26)13-7-8-14-39-3/h9-10,16,20-22H,5-8,11-15,17-19H2,1-4H3,(H,37,38)/t21-,22+/m1/s1. The van der Waals surface area contributed by atoms with Gasteiger partial charge in [-0.2, -0.15) is 0 Å². The largest absolute Gasteiger partial charge is 0.497 e. The molecule has 11 nitrogen and oxygen atoms in total. The normalized spacial score (nSPS) is 19.4. The van der Waals surface area contributed by atoms with E-state index in [-0.39, 0.29) is 30.8 Å². The van der Waals surface area contributed by atoms with Crippen LogP contribution in [-0.4, -0.2) is 107 Å². The predicted molar refractivity (Wildman–Crippen MR) is 151 cm³/mol. The number of ether oxygens (including phenoxy) is 2. The summed E-state index contributed by atoms with van der Waals surface area (Å²) >= 11 is 0. The van der Waals surface area contributed by atoms with Gasteiger partial charge in [-0.15, -0.1) is 0 Å². The zero-order valence-corrected chi connectivity index (χ0v) is 24.2. The summed E-state index contributed by atoms with van der Waals surface area (Å²) < 4.78 is 12.6. The molecule has 220 valence electrons. The quantitative estimate of drug-likeness (QED) is 0.420. The lowest BCUT2D eigenvalue weighted by atomic mass is 9.91. The minimum Gasteiger partial charge on any atom is -0.497 e. The minimum absolute atomic E-state index is 0.0112. The van der Waals surface area contributed by atoms with Crippen LogP contribution in [0.25, 0.3) is 11.0 Å². The number of aromatic nitrogens is 2. The number of carboxylic acid groups (broad SMARTS) is 1. The number of piperidine rings is 1. The van der Waals surface area contributed by atoms with Gasteiger partial charge in [0.2, 0.25) is 5.91 Å². The molecule has 0 unspecified atom stereocenters. The molecule has 2 aliphatic heterocycles. The second-order valence-electron chi connectivity index (χ2n) is 11.3. The fraction of sp³-hybridized carbons (Fsp3) is 0.655. The van der Waals surface area contributed by atoms with Crippen molar-refractivity contribution in [3.63, 3.8) is 0 Å². The third-order valence-electron chi connectivity index (χ3n) is 7.86. The zero-order chi connectivity index (χ0) is 28.8. The van der Waals surface area contributed by atoms with Gasteiger partial charge in [0.1, 0.15) is 5.75 Å². The van der Waals surface area contributed by atoms with Gasteiger partial charge in [-0.05, 0) is 50.2 Å². The zero-order valence-electron chi connectivity index (χ0n) is 24.2. The molecule has 0 bridgehead atoms. The van der Waals surface area contributed by atoms with Crippen LogP contribution in [0.1, 0.15) is 56.6 Å². The molecule has 4 rings (SSSR count). The monoisotopic (exact) mass is 557 g/mol. The van der Waals surface area contributed by atoms with Crippen LogP contribution < -0.4 is 4.74 Å². The minimum atomic E-state index is -1.07. The lowest BCUT2D eigenvalue weighted by Crippen LogP contribution is -2.57. The number of unbranched alkanes of at least 4 members (excludes halogenated alkanes) is 1. The number of carbonyl (C=O) groups is 3. The molecule has 1 aromatic carbocycles. The molecule has 2 atom stereocenters. The number of rotatable bonds is 11. The van der Waals surface area contributed by atoms with E-state index in [9.17, 15) is 19.5 Å². The molecule has 0 aliphatic carbocycles. The van der Waals surface area contributed by atoms with Crippen molar-refractivity contribution >= 4 is 28.9 Å². The summed E-state index contributed by atoms with van der Waals surface area (Å²) in [4.78, 5) is 49.5. The summed E-state index contributed by atoms with van der Waals surface area (Å²) in [5.74, 6) is 0.388. The smallest absolute Gasteiger partial charge is 0.407 e. The number of imidazole rings is 1. The van der Waals surface area contributed by atoms with E-state index in [1.54, 1.807) is 19.1 Å². The molecule has 2 aliphatic rings. The van der Waals surface area contributed by atoms with Gasteiger partial charge in [-0.3, -0.25) is 9.59 Å². The van der Waals surface area contributed by atoms with Gasteiger partial charge in [0.25, 0.3) is 5.91 Å². The van der Waals surface area contributed by atoms with Crippen molar-refractivity contribution in [1.82, 2.24) is 24.3 Å². The number of amides is 3. The van der Waals surface area contributed by atoms with E-state index in [1.807, 2.05) is 41.5 Å². The Balaban J connectivity index is 1.69. The molecule has 2 fully saturated rings. The van der Waals surface area contributed by atoms with Crippen LogP contribution in [0.15, 0.2) is 18.2 Å². The first-order valence-corrected chi connectivity index (χ1v) is 14.3. The average molecular weight is 558 g/mol. The summed E-state index contributed by atoms with van der Waals surface area (Å²) in [6.07, 6.45) is 2.92. The van der Waals surface area contributed by atoms with Crippen molar-refractivity contribution in [2.75, 3.05) is 53.6 Å². The van der Waals surface area contributed by atoms with Crippen molar-refractivity contribution in [1.29, 1.82) is 0 Å². The molecule has 2 aromatic rings. The van der Waals surface area contributed by atoms with Crippen molar-refractivity contribution in [2.24, 2.45) is 11.8 Å². The van der Waals surface area contributed by atoms with Gasteiger partial charge in [0.05, 0.1) is 30.1 Å². The Hall–Kier alpha value is -3.34. The van der Waals surface area contributed by atoms with Crippen molar-refractivity contribution < 1.29 is 29.0 Å². The Morgan fingerprint density at radius 1 is 1.10 bits per heavy atom. The van der Waals surface area contributed by atoms with Crippen LogP contribution in [0.3, 0.4) is 0 Å². The second kappa shape index (κ2) is 13.3. The first kappa shape index (κ1) is 29.6. The van der Waals surface area contributed by atoms with Gasteiger partial charge in [-0.1, -0.05) is 13.8 Å². The maximum atomic E-state index is 14.3. The first-order chi connectivity index (χ1) is 19.2. The van der Waals surface area contributed by atoms with E-state index >= 15 is 0 Å². The molecule has 40 heavy (non-hydrogen) atoms. The van der Waals surface area contributed by atoms with Gasteiger partial charge in [0, 0.05) is 59.1 Å². The van der Waals surface area contributed by atoms with Gasteiger partial charge >= 0.3 is 6.09 Å². The Labute approximate surface area is 236 Å². The summed E-state index contributed by atoms with van der Waals surface area (Å²) in [6, 6.07) is 5.12. The van der Waals surface area contributed by atoms with Gasteiger partial charge in [0.15, 0.2) is 5.82 Å². The Morgan fingerprint density at radius 3 is 2.50 bits per heavy atom. The van der Waals surface area contributed by atoms with E-state index in [1.165, 1.54) is 4.90 Å². The first-order valence-electron chi connectivity index (χ1n) is 14.3. The number of fused-ring (bicyclic) bond motifs is 1. The molecule has 0 saturated carbocycles. The lowest BCUT2D eigenvalue weighted by molar-refractivity contribution is -0.136. The Morgan fingerprint density at radius 2 is 1.85 bits per heavy atom. The molecule has 1 N–H and O–H groups in total. The van der Waals surface area contributed by atoms with Gasteiger partial charge < -0.3 is 33.8 Å². The summed E-state index contributed by atoms with van der Waals surface area (Å²) in [7, 11) is 3.27. The number of likely N-dealkylation sites (tertiary alicyclic amines) is 2. The number of nitrogens with zero attached hydrogens (tertiary/aromatic N) is 5. The molecular weight excluding hydrogens is 514 g/mol. The topological polar surface area (TPSA) is 117 Å². The third-order valence-corrected chi connectivity index (χ3v) is 7.86. The van der Waals surface area contributed by atoms with Crippen molar-refractivity contribution in [3.05, 3.63) is 24.0 Å². The van der Waals surface area contributed by atoms with E-state index in [4.69, 9.17) is 14.5 Å². The Kier molecular flexibility index (Phi) is 9.89. The Bertz CT molecular complexity index is 1190. The maximum Gasteiger partial charge on any atom is 0.407 e. The van der Waals surface area contributed by atoms with Crippen LogP contribution in [0.4, 0.5) is 4.79 Å². The second-order valence-corrected chi connectivity index (χ2v) is 11.3. The number of methoxy groups -OCH3 is 2. The number of benzene rings is 1. The molecule has 11 heteroatoms. The summed E-state index contributed by atoms with van der Waals surface area (Å²) in [5, 5.41) is 9.93. The van der Waals surface area contributed by atoms with Crippen LogP contribution >= 0.6 is 0 Å². The highest BCUT2D eigenvalue weighted by atomic mass is 16.5. The highest BCUT2D eigenvalue weighted by molar-refractivity contribution is 5.95. The molecule has 3 heterocycles. The molecule has 2 saturated heterocycles. The fourth-order valence-corrected chi connectivity index (χ4v) is 5.88. The third kappa shape index (κ3) is 6.68. The van der Waals surface area contributed by atoms with E-state index in [0.717, 1.165) is 31.2 Å². The van der Waals surface area contributed by atoms with Crippen molar-refractivity contribution in [2.45, 2.75) is 58.5 Å². The van der Waals surface area contributed by atoms with Gasteiger partial charge in [-0.25, -0.2) is 9.78 Å². The predicted octanol–water partition coefficient (Wildman–Crippen LogP) is 3.56. The highest BCUT2D eigenvalue weighted by Gasteiger charge is 2.41. The average Bonchev–Trinajstić information content (AvgIpc) is 3.61. The van der Waals surface area contributed by atoms with Crippen LogP contribution in [-0.2, 0) is 16.1 Å². The fourth-order valence-electron chi connectivity index (χ4n) is 5.88. The van der Waals surface area contributed by atoms with Crippen LogP contribution in [0, 0.1) is 11.8 Å². The van der Waals surface area contributed by atoms with Crippen LogP contribution in [0.2, 0.25) is 0 Å². The number of carbonyl (C=O) groups excluding carboxylic acids is 2. The van der Waals surface area contributed by atoms with Crippen molar-refractivity contribution in [3.8, 4) is 5.75 Å². The van der Waals surface area contributed by atoms with E-state index in [0.29, 0.717) is 56.3 Å². The molecule has 3 amide bonds. The number of hydrogen-bond acceptors (Lipinski definition) is 6. The van der Waals surface area contributed by atoms with Crippen LogP contribution in [0.5, 0.6) is 5.75 Å².